The van der Waals surface area contributed by atoms with Gasteiger partial charge in [-0.25, -0.2) is 9.18 Å². The maximum absolute atomic E-state index is 13.0. The van der Waals surface area contributed by atoms with E-state index in [-0.39, 0.29) is 17.8 Å². The standard InChI is InChI=1S/C16H25FN2O3/c1-10(19-15(21)22-16(3,4)5)9-18-11(2)13-7-6-12(17)8-14(13)20/h6-8,10-11,18,20H,9H2,1-5H3,(H,19,21). The summed E-state index contributed by atoms with van der Waals surface area (Å²) in [6.45, 7) is 9.58. The minimum absolute atomic E-state index is 0.0900. The van der Waals surface area contributed by atoms with Crippen LogP contribution in [0.25, 0.3) is 0 Å². The number of hydrogen-bond donors (Lipinski definition) is 3. The maximum atomic E-state index is 13.0. The number of rotatable bonds is 5. The van der Waals surface area contributed by atoms with Gasteiger partial charge in [-0.05, 0) is 40.7 Å². The van der Waals surface area contributed by atoms with Gasteiger partial charge in [-0.15, -0.1) is 0 Å². The fourth-order valence-corrected chi connectivity index (χ4v) is 1.91. The Morgan fingerprint density at radius 2 is 2.00 bits per heavy atom. The van der Waals surface area contributed by atoms with Crippen molar-refractivity contribution in [1.29, 1.82) is 0 Å². The van der Waals surface area contributed by atoms with Gasteiger partial charge < -0.3 is 20.5 Å². The SMILES string of the molecule is CC(CNC(C)c1ccc(F)cc1O)NC(=O)OC(C)(C)C. The Labute approximate surface area is 130 Å². The predicted octanol–water partition coefficient (Wildman–Crippen LogP) is 3.10. The van der Waals surface area contributed by atoms with Gasteiger partial charge in [-0.2, -0.15) is 0 Å². The van der Waals surface area contributed by atoms with E-state index in [4.69, 9.17) is 4.74 Å². The van der Waals surface area contributed by atoms with Crippen molar-refractivity contribution in [3.63, 3.8) is 0 Å². The van der Waals surface area contributed by atoms with Gasteiger partial charge in [0.2, 0.25) is 0 Å². The van der Waals surface area contributed by atoms with E-state index in [2.05, 4.69) is 10.6 Å². The Balaban J connectivity index is 2.46. The molecule has 1 aromatic carbocycles. The molecule has 6 heteroatoms. The quantitative estimate of drug-likeness (QED) is 0.781. The topological polar surface area (TPSA) is 70.6 Å². The molecule has 5 nitrogen and oxygen atoms in total. The number of amides is 1. The second kappa shape index (κ2) is 7.45. The number of phenols is 1. The smallest absolute Gasteiger partial charge is 0.407 e. The summed E-state index contributed by atoms with van der Waals surface area (Å²) in [5, 5.41) is 15.6. The molecule has 0 fully saturated rings. The first-order valence-corrected chi connectivity index (χ1v) is 7.30. The molecule has 1 amide bonds. The summed E-state index contributed by atoms with van der Waals surface area (Å²) < 4.78 is 18.1. The van der Waals surface area contributed by atoms with E-state index < -0.39 is 17.5 Å². The monoisotopic (exact) mass is 312 g/mol. The molecular formula is C16H25FN2O3. The van der Waals surface area contributed by atoms with Crippen LogP contribution in [0, 0.1) is 5.82 Å². The molecule has 1 rings (SSSR count). The van der Waals surface area contributed by atoms with Crippen LogP contribution in [0.15, 0.2) is 18.2 Å². The number of benzene rings is 1. The zero-order valence-corrected chi connectivity index (χ0v) is 13.7. The van der Waals surface area contributed by atoms with Gasteiger partial charge in [0.25, 0.3) is 0 Å². The second-order valence-electron chi connectivity index (χ2n) is 6.38. The average molecular weight is 312 g/mol. The van der Waals surface area contributed by atoms with Crippen molar-refractivity contribution in [2.24, 2.45) is 0 Å². The molecule has 3 N–H and O–H groups in total. The van der Waals surface area contributed by atoms with Crippen molar-refractivity contribution in [2.75, 3.05) is 6.54 Å². The van der Waals surface area contributed by atoms with E-state index in [0.29, 0.717) is 12.1 Å². The van der Waals surface area contributed by atoms with Gasteiger partial charge in [0, 0.05) is 30.3 Å². The van der Waals surface area contributed by atoms with Crippen LogP contribution < -0.4 is 10.6 Å². The van der Waals surface area contributed by atoms with E-state index in [9.17, 15) is 14.3 Å². The molecule has 0 aromatic heterocycles. The average Bonchev–Trinajstić information content (AvgIpc) is 2.33. The molecule has 0 bridgehead atoms. The third kappa shape index (κ3) is 6.30. The number of carbonyl (C=O) groups excluding carboxylic acids is 1. The molecule has 0 radical (unpaired) electrons. The number of phenolic OH excluding ortho intramolecular Hbond substituents is 1. The van der Waals surface area contributed by atoms with Gasteiger partial charge >= 0.3 is 6.09 Å². The fourth-order valence-electron chi connectivity index (χ4n) is 1.91. The van der Waals surface area contributed by atoms with Crippen LogP contribution in [0.2, 0.25) is 0 Å². The summed E-state index contributed by atoms with van der Waals surface area (Å²) in [6.07, 6.45) is -0.473. The second-order valence-corrected chi connectivity index (χ2v) is 6.38. The van der Waals surface area contributed by atoms with Crippen molar-refractivity contribution in [3.05, 3.63) is 29.6 Å². The number of alkyl carbamates (subject to hydrolysis) is 1. The zero-order valence-electron chi connectivity index (χ0n) is 13.7. The van der Waals surface area contributed by atoms with Crippen molar-refractivity contribution in [3.8, 4) is 5.75 Å². The first-order chi connectivity index (χ1) is 10.1. The molecule has 0 spiro atoms. The molecule has 0 aliphatic rings. The molecular weight excluding hydrogens is 287 g/mol. The number of halogens is 1. The first-order valence-electron chi connectivity index (χ1n) is 7.30. The maximum Gasteiger partial charge on any atom is 0.407 e. The third-order valence-corrected chi connectivity index (χ3v) is 2.95. The van der Waals surface area contributed by atoms with Crippen LogP contribution in [-0.2, 0) is 4.74 Å². The summed E-state index contributed by atoms with van der Waals surface area (Å²) in [5.74, 6) is -0.568. The van der Waals surface area contributed by atoms with E-state index in [0.717, 1.165) is 6.07 Å². The van der Waals surface area contributed by atoms with Gasteiger partial charge in [0.05, 0.1) is 0 Å². The van der Waals surface area contributed by atoms with E-state index in [1.165, 1.54) is 12.1 Å². The van der Waals surface area contributed by atoms with Gasteiger partial charge in [-0.1, -0.05) is 6.07 Å². The molecule has 0 heterocycles. The number of nitrogens with one attached hydrogen (secondary N) is 2. The van der Waals surface area contributed by atoms with Crippen LogP contribution in [0.5, 0.6) is 5.75 Å². The summed E-state index contributed by atoms with van der Waals surface area (Å²) in [5.41, 5.74) is 0.0654. The van der Waals surface area contributed by atoms with Crippen LogP contribution in [0.3, 0.4) is 0 Å². The van der Waals surface area contributed by atoms with Crippen molar-refractivity contribution in [2.45, 2.75) is 52.3 Å². The highest BCUT2D eigenvalue weighted by atomic mass is 19.1. The summed E-state index contributed by atoms with van der Waals surface area (Å²) in [7, 11) is 0. The number of hydrogen-bond acceptors (Lipinski definition) is 4. The van der Waals surface area contributed by atoms with Crippen LogP contribution in [0.1, 0.15) is 46.2 Å². The van der Waals surface area contributed by atoms with E-state index in [1.54, 1.807) is 20.8 Å². The third-order valence-electron chi connectivity index (χ3n) is 2.95. The fraction of sp³-hybridized carbons (Fsp3) is 0.562. The van der Waals surface area contributed by atoms with Crippen LogP contribution in [-0.4, -0.2) is 29.4 Å². The molecule has 2 unspecified atom stereocenters. The van der Waals surface area contributed by atoms with E-state index in [1.807, 2.05) is 13.8 Å². The molecule has 0 saturated heterocycles. The lowest BCUT2D eigenvalue weighted by atomic mass is 10.1. The Morgan fingerprint density at radius 1 is 1.36 bits per heavy atom. The highest BCUT2D eigenvalue weighted by molar-refractivity contribution is 5.68. The van der Waals surface area contributed by atoms with Gasteiger partial charge in [0.1, 0.15) is 17.2 Å². The lowest BCUT2D eigenvalue weighted by molar-refractivity contribution is 0.0507. The van der Waals surface area contributed by atoms with Crippen molar-refractivity contribution < 1.29 is 19.0 Å². The lowest BCUT2D eigenvalue weighted by Crippen LogP contribution is -2.43. The Hall–Kier alpha value is -1.82. The van der Waals surface area contributed by atoms with Crippen LogP contribution >= 0.6 is 0 Å². The summed E-state index contributed by atoms with van der Waals surface area (Å²) in [4.78, 5) is 11.6. The number of carbonyl (C=O) groups is 1. The molecule has 22 heavy (non-hydrogen) atoms. The lowest BCUT2D eigenvalue weighted by Gasteiger charge is -2.23. The normalized spacial score (nSPS) is 14.3. The van der Waals surface area contributed by atoms with Gasteiger partial charge in [0.15, 0.2) is 0 Å². The largest absolute Gasteiger partial charge is 0.508 e. The number of aromatic hydroxyl groups is 1. The molecule has 1 aromatic rings. The van der Waals surface area contributed by atoms with Crippen LogP contribution in [0.4, 0.5) is 9.18 Å². The Morgan fingerprint density at radius 3 is 2.55 bits per heavy atom. The summed E-state index contributed by atoms with van der Waals surface area (Å²) >= 11 is 0. The molecule has 0 aliphatic carbocycles. The Kier molecular flexibility index (Phi) is 6.17. The molecule has 0 saturated carbocycles. The minimum atomic E-state index is -0.537. The van der Waals surface area contributed by atoms with Crippen molar-refractivity contribution in [1.82, 2.24) is 10.6 Å². The minimum Gasteiger partial charge on any atom is -0.508 e. The van der Waals surface area contributed by atoms with Crippen molar-refractivity contribution >= 4 is 6.09 Å². The Bertz CT molecular complexity index is 515. The molecule has 2 atom stereocenters. The molecule has 0 aliphatic heterocycles. The highest BCUT2D eigenvalue weighted by Gasteiger charge is 2.18. The molecule has 124 valence electrons. The zero-order chi connectivity index (χ0) is 16.9. The predicted molar refractivity (Wildman–Crippen MR) is 83.3 cm³/mol. The summed E-state index contributed by atoms with van der Waals surface area (Å²) in [6, 6.07) is 3.59. The van der Waals surface area contributed by atoms with E-state index >= 15 is 0 Å². The number of ether oxygens (including phenoxy) is 1. The first kappa shape index (κ1) is 18.2. The van der Waals surface area contributed by atoms with Gasteiger partial charge in [-0.3, -0.25) is 0 Å². The highest BCUT2D eigenvalue weighted by Crippen LogP contribution is 2.24.